The molecule has 4 aromatic rings. The zero-order valence-electron chi connectivity index (χ0n) is 16.5. The number of nitrogens with one attached hydrogen (secondary N) is 1. The van der Waals surface area contributed by atoms with Crippen LogP contribution in [0, 0.1) is 0 Å². The molecule has 0 spiro atoms. The molecule has 0 bridgehead atoms. The van der Waals surface area contributed by atoms with Crippen LogP contribution in [0.5, 0.6) is 0 Å². The van der Waals surface area contributed by atoms with Gasteiger partial charge in [-0.3, -0.25) is 9.78 Å². The van der Waals surface area contributed by atoms with E-state index in [1.807, 2.05) is 48.5 Å². The van der Waals surface area contributed by atoms with Crippen molar-refractivity contribution in [2.24, 2.45) is 5.73 Å². The molecule has 2 aromatic carbocycles. The lowest BCUT2D eigenvalue weighted by atomic mass is 9.88. The Kier molecular flexibility index (Phi) is 5.68. The van der Waals surface area contributed by atoms with Gasteiger partial charge in [0.05, 0.1) is 11.6 Å². The van der Waals surface area contributed by atoms with Crippen LogP contribution in [0.2, 0.25) is 0 Å². The number of amides is 1. The number of fused-ring (bicyclic) bond motifs is 2. The Balaban J connectivity index is 0.000000168. The average Bonchev–Trinajstić information content (AvgIpc) is 2.79. The van der Waals surface area contributed by atoms with Crippen LogP contribution >= 0.6 is 0 Å². The van der Waals surface area contributed by atoms with E-state index in [0.29, 0.717) is 11.4 Å². The van der Waals surface area contributed by atoms with Crippen molar-refractivity contribution in [3.05, 3.63) is 102 Å². The van der Waals surface area contributed by atoms with Gasteiger partial charge in [0.25, 0.3) is 5.91 Å². The quantitative estimate of drug-likeness (QED) is 0.481. The SMILES string of the molecule is NC(=O)c1cnccc1C1NCCc2ccccc21.Nc1nccc2ccccc12. The number of primary amides is 1. The summed E-state index contributed by atoms with van der Waals surface area (Å²) >= 11 is 0. The zero-order chi connectivity index (χ0) is 20.9. The van der Waals surface area contributed by atoms with Gasteiger partial charge in [-0.15, -0.1) is 0 Å². The standard InChI is InChI=1S/C15H15N3O.C9H8N2/c16-15(19)13-9-17-7-6-12(13)14-11-4-2-1-3-10(11)5-8-18-14;10-9-8-4-2-1-3-7(8)5-6-11-9/h1-4,6-7,9,14,18H,5,8H2,(H2,16,19);1-6H,(H2,10,11). The van der Waals surface area contributed by atoms with Gasteiger partial charge in [-0.05, 0) is 40.6 Å². The first-order chi connectivity index (χ1) is 14.6. The number of nitrogens with two attached hydrogens (primary N) is 2. The minimum atomic E-state index is -0.437. The number of carbonyl (C=O) groups excluding carboxylic acids is 1. The molecule has 1 atom stereocenters. The highest BCUT2D eigenvalue weighted by Crippen LogP contribution is 2.30. The third-order valence-electron chi connectivity index (χ3n) is 5.24. The first-order valence-electron chi connectivity index (χ1n) is 9.79. The van der Waals surface area contributed by atoms with E-state index in [0.717, 1.165) is 29.3 Å². The summed E-state index contributed by atoms with van der Waals surface area (Å²) in [6.45, 7) is 0.891. The summed E-state index contributed by atoms with van der Waals surface area (Å²) < 4.78 is 0. The fraction of sp³-hybridized carbons (Fsp3) is 0.125. The average molecular weight is 397 g/mol. The number of hydrogen-bond acceptors (Lipinski definition) is 5. The van der Waals surface area contributed by atoms with Crippen molar-refractivity contribution < 1.29 is 4.79 Å². The van der Waals surface area contributed by atoms with Gasteiger partial charge >= 0.3 is 0 Å². The fourth-order valence-electron chi connectivity index (χ4n) is 3.79. The van der Waals surface area contributed by atoms with E-state index in [4.69, 9.17) is 11.5 Å². The Bertz CT molecular complexity index is 1190. The van der Waals surface area contributed by atoms with E-state index in [9.17, 15) is 4.79 Å². The van der Waals surface area contributed by atoms with Crippen molar-refractivity contribution in [3.8, 4) is 0 Å². The second kappa shape index (κ2) is 8.71. The van der Waals surface area contributed by atoms with Gasteiger partial charge < -0.3 is 16.8 Å². The zero-order valence-corrected chi connectivity index (χ0v) is 16.5. The smallest absolute Gasteiger partial charge is 0.250 e. The van der Waals surface area contributed by atoms with Gasteiger partial charge in [0, 0.05) is 30.5 Å². The van der Waals surface area contributed by atoms with Crippen LogP contribution in [0.15, 0.2) is 79.3 Å². The third-order valence-corrected chi connectivity index (χ3v) is 5.24. The number of nitrogen functional groups attached to an aromatic ring is 1. The Morgan fingerprint density at radius 3 is 2.60 bits per heavy atom. The number of rotatable bonds is 2. The highest BCUT2D eigenvalue weighted by atomic mass is 16.1. The van der Waals surface area contributed by atoms with Crippen LogP contribution in [0.1, 0.15) is 33.1 Å². The summed E-state index contributed by atoms with van der Waals surface area (Å²) in [6, 6.07) is 20.0. The van der Waals surface area contributed by atoms with Crippen molar-refractivity contribution in [2.75, 3.05) is 12.3 Å². The van der Waals surface area contributed by atoms with Crippen molar-refractivity contribution in [2.45, 2.75) is 12.5 Å². The van der Waals surface area contributed by atoms with Gasteiger partial charge in [-0.1, -0.05) is 48.5 Å². The maximum atomic E-state index is 11.5. The van der Waals surface area contributed by atoms with Crippen molar-refractivity contribution in [1.82, 2.24) is 15.3 Å². The molecule has 0 saturated carbocycles. The molecule has 1 unspecified atom stereocenters. The van der Waals surface area contributed by atoms with E-state index >= 15 is 0 Å². The summed E-state index contributed by atoms with van der Waals surface area (Å²) in [5.41, 5.74) is 15.0. The van der Waals surface area contributed by atoms with Crippen LogP contribution < -0.4 is 16.8 Å². The minimum absolute atomic E-state index is 0.00968. The molecule has 0 aliphatic carbocycles. The lowest BCUT2D eigenvalue weighted by Gasteiger charge is -2.28. The topological polar surface area (TPSA) is 107 Å². The predicted octanol–water partition coefficient (Wildman–Crippen LogP) is 3.23. The lowest BCUT2D eigenvalue weighted by molar-refractivity contribution is 0.0998. The van der Waals surface area contributed by atoms with Crippen molar-refractivity contribution >= 4 is 22.5 Å². The van der Waals surface area contributed by atoms with Crippen LogP contribution in [0.25, 0.3) is 10.8 Å². The van der Waals surface area contributed by atoms with Crippen LogP contribution in [0.4, 0.5) is 5.82 Å². The number of hydrogen-bond donors (Lipinski definition) is 3. The Morgan fingerprint density at radius 1 is 0.967 bits per heavy atom. The summed E-state index contributed by atoms with van der Waals surface area (Å²) in [6.07, 6.45) is 5.96. The molecule has 5 N–H and O–H groups in total. The predicted molar refractivity (Wildman–Crippen MR) is 119 cm³/mol. The maximum Gasteiger partial charge on any atom is 0.250 e. The van der Waals surface area contributed by atoms with Crippen LogP contribution in [-0.4, -0.2) is 22.4 Å². The highest BCUT2D eigenvalue weighted by molar-refractivity contribution is 5.94. The summed E-state index contributed by atoms with van der Waals surface area (Å²) in [4.78, 5) is 19.5. The molecule has 0 fully saturated rings. The highest BCUT2D eigenvalue weighted by Gasteiger charge is 2.24. The molecule has 30 heavy (non-hydrogen) atoms. The number of nitrogens with zero attached hydrogens (tertiary/aromatic N) is 2. The van der Waals surface area contributed by atoms with E-state index in [1.54, 1.807) is 12.4 Å². The van der Waals surface area contributed by atoms with Gasteiger partial charge in [0.2, 0.25) is 0 Å². The van der Waals surface area contributed by atoms with Crippen LogP contribution in [0.3, 0.4) is 0 Å². The first-order valence-corrected chi connectivity index (χ1v) is 9.79. The van der Waals surface area contributed by atoms with Crippen molar-refractivity contribution in [1.29, 1.82) is 0 Å². The maximum absolute atomic E-state index is 11.5. The van der Waals surface area contributed by atoms with E-state index in [2.05, 4.69) is 27.4 Å². The van der Waals surface area contributed by atoms with E-state index in [1.165, 1.54) is 17.3 Å². The largest absolute Gasteiger partial charge is 0.383 e. The molecule has 6 nitrogen and oxygen atoms in total. The fourth-order valence-corrected chi connectivity index (χ4v) is 3.79. The van der Waals surface area contributed by atoms with Gasteiger partial charge in [-0.2, -0.15) is 0 Å². The van der Waals surface area contributed by atoms with Crippen LogP contribution in [-0.2, 0) is 6.42 Å². The molecular weight excluding hydrogens is 374 g/mol. The van der Waals surface area contributed by atoms with Crippen molar-refractivity contribution in [3.63, 3.8) is 0 Å². The normalized spacial score (nSPS) is 15.0. The molecule has 5 rings (SSSR count). The second-order valence-electron chi connectivity index (χ2n) is 7.08. The Morgan fingerprint density at radius 2 is 1.77 bits per heavy atom. The van der Waals surface area contributed by atoms with Gasteiger partial charge in [0.15, 0.2) is 0 Å². The monoisotopic (exact) mass is 397 g/mol. The van der Waals surface area contributed by atoms with Gasteiger partial charge in [0.1, 0.15) is 5.82 Å². The number of anilines is 1. The minimum Gasteiger partial charge on any atom is -0.383 e. The molecule has 1 amide bonds. The lowest BCUT2D eigenvalue weighted by Crippen LogP contribution is -2.32. The number of benzene rings is 2. The molecule has 150 valence electrons. The number of carbonyl (C=O) groups is 1. The molecule has 1 aliphatic heterocycles. The Hall–Kier alpha value is -3.77. The van der Waals surface area contributed by atoms with E-state index < -0.39 is 5.91 Å². The molecule has 0 radical (unpaired) electrons. The number of pyridine rings is 2. The molecule has 3 heterocycles. The molecular formula is C24H23N5O. The first kappa shape index (κ1) is 19.5. The van der Waals surface area contributed by atoms with E-state index in [-0.39, 0.29) is 6.04 Å². The summed E-state index contributed by atoms with van der Waals surface area (Å²) in [5, 5.41) is 5.61. The molecule has 6 heteroatoms. The third kappa shape index (κ3) is 3.99. The Labute approximate surface area is 175 Å². The molecule has 0 saturated heterocycles. The summed E-state index contributed by atoms with van der Waals surface area (Å²) in [5.74, 6) is 0.163. The molecule has 2 aromatic heterocycles. The summed E-state index contributed by atoms with van der Waals surface area (Å²) in [7, 11) is 0. The number of aromatic nitrogens is 2. The van der Waals surface area contributed by atoms with Gasteiger partial charge in [-0.25, -0.2) is 4.98 Å². The molecule has 1 aliphatic rings. The second-order valence-corrected chi connectivity index (χ2v) is 7.08.